The molecule has 100 valence electrons. The number of benzene rings is 1. The Morgan fingerprint density at radius 2 is 2.16 bits per heavy atom. The lowest BCUT2D eigenvalue weighted by molar-refractivity contribution is 0.0946. The van der Waals surface area contributed by atoms with Gasteiger partial charge in [-0.3, -0.25) is 4.79 Å². The largest absolute Gasteiger partial charge is 0.497 e. The van der Waals surface area contributed by atoms with Crippen LogP contribution in [0.5, 0.6) is 5.75 Å². The second kappa shape index (κ2) is 6.31. The number of methoxy groups -OCH3 is 1. The number of carbonyl (C=O) groups is 1. The van der Waals surface area contributed by atoms with Crippen LogP contribution in [0.25, 0.3) is 0 Å². The van der Waals surface area contributed by atoms with Gasteiger partial charge in [-0.25, -0.2) is 4.98 Å². The first-order valence-corrected chi connectivity index (χ1v) is 6.66. The van der Waals surface area contributed by atoms with E-state index in [4.69, 9.17) is 10.5 Å². The fourth-order valence-electron chi connectivity index (χ4n) is 1.53. The summed E-state index contributed by atoms with van der Waals surface area (Å²) in [4.78, 5) is 16.0. The molecule has 0 unspecified atom stereocenters. The zero-order chi connectivity index (χ0) is 13.7. The minimum atomic E-state index is -0.188. The van der Waals surface area contributed by atoms with Crippen molar-refractivity contribution in [1.82, 2.24) is 10.3 Å². The fourth-order valence-corrected chi connectivity index (χ4v) is 2.18. The van der Waals surface area contributed by atoms with Gasteiger partial charge in [0.25, 0.3) is 5.91 Å². The summed E-state index contributed by atoms with van der Waals surface area (Å²) in [6.07, 6.45) is 0. The molecule has 0 aliphatic carbocycles. The number of nitrogens with zero attached hydrogens (tertiary/aromatic N) is 1. The normalized spacial score (nSPS) is 10.2. The average molecular weight is 277 g/mol. The molecule has 19 heavy (non-hydrogen) atoms. The maximum atomic E-state index is 11.8. The van der Waals surface area contributed by atoms with E-state index in [-0.39, 0.29) is 5.91 Å². The molecule has 0 saturated heterocycles. The minimum Gasteiger partial charge on any atom is -0.497 e. The number of carbonyl (C=O) groups excluding carboxylic acids is 1. The van der Waals surface area contributed by atoms with Crippen molar-refractivity contribution >= 4 is 17.2 Å². The summed E-state index contributed by atoms with van der Waals surface area (Å²) in [6.45, 7) is 0.814. The van der Waals surface area contributed by atoms with Crippen molar-refractivity contribution in [2.75, 3.05) is 7.11 Å². The summed E-state index contributed by atoms with van der Waals surface area (Å²) in [5, 5.41) is 5.29. The predicted molar refractivity (Wildman–Crippen MR) is 74.2 cm³/mol. The van der Waals surface area contributed by atoms with E-state index in [1.807, 2.05) is 24.3 Å². The molecule has 5 nitrogen and oxygen atoms in total. The Morgan fingerprint density at radius 3 is 2.74 bits per heavy atom. The number of hydrogen-bond donors (Lipinski definition) is 2. The second-order valence-electron chi connectivity index (χ2n) is 3.86. The summed E-state index contributed by atoms with van der Waals surface area (Å²) in [6, 6.07) is 7.53. The maximum Gasteiger partial charge on any atom is 0.271 e. The van der Waals surface area contributed by atoms with Gasteiger partial charge >= 0.3 is 0 Å². The maximum absolute atomic E-state index is 11.8. The smallest absolute Gasteiger partial charge is 0.271 e. The van der Waals surface area contributed by atoms with E-state index >= 15 is 0 Å². The molecule has 1 aromatic carbocycles. The summed E-state index contributed by atoms with van der Waals surface area (Å²) >= 11 is 1.39. The van der Waals surface area contributed by atoms with Crippen molar-refractivity contribution in [3.05, 3.63) is 45.9 Å². The molecule has 0 aliphatic heterocycles. The molecular formula is C13H15N3O2S. The van der Waals surface area contributed by atoms with Crippen molar-refractivity contribution < 1.29 is 9.53 Å². The van der Waals surface area contributed by atoms with Crippen molar-refractivity contribution in [3.8, 4) is 5.75 Å². The summed E-state index contributed by atoms with van der Waals surface area (Å²) in [5.41, 5.74) is 6.88. The first-order valence-electron chi connectivity index (χ1n) is 5.78. The van der Waals surface area contributed by atoms with Crippen LogP contribution in [0, 0.1) is 0 Å². The van der Waals surface area contributed by atoms with Crippen LogP contribution in [0.1, 0.15) is 21.1 Å². The van der Waals surface area contributed by atoms with Gasteiger partial charge in [0.15, 0.2) is 0 Å². The first-order chi connectivity index (χ1) is 9.22. The number of amides is 1. The van der Waals surface area contributed by atoms with Gasteiger partial charge < -0.3 is 15.8 Å². The molecule has 2 rings (SSSR count). The highest BCUT2D eigenvalue weighted by molar-refractivity contribution is 7.09. The highest BCUT2D eigenvalue weighted by atomic mass is 32.1. The Labute approximate surface area is 115 Å². The highest BCUT2D eigenvalue weighted by Gasteiger charge is 2.09. The molecule has 0 saturated carbocycles. The van der Waals surface area contributed by atoms with Crippen molar-refractivity contribution in [2.45, 2.75) is 13.1 Å². The monoisotopic (exact) mass is 277 g/mol. The van der Waals surface area contributed by atoms with Crippen LogP contribution in [-0.2, 0) is 13.1 Å². The standard InChI is InChI=1S/C13H15N3O2S/c1-18-10-4-2-9(3-5-10)7-15-13(17)11-8-19-12(6-14)16-11/h2-5,8H,6-7,14H2,1H3,(H,15,17). The number of ether oxygens (including phenoxy) is 1. The molecule has 1 aromatic heterocycles. The fraction of sp³-hybridized carbons (Fsp3) is 0.231. The Bertz CT molecular complexity index is 551. The van der Waals surface area contributed by atoms with Crippen molar-refractivity contribution in [3.63, 3.8) is 0 Å². The van der Waals surface area contributed by atoms with E-state index in [0.717, 1.165) is 16.3 Å². The van der Waals surface area contributed by atoms with Crippen LogP contribution in [0.4, 0.5) is 0 Å². The minimum absolute atomic E-state index is 0.188. The van der Waals surface area contributed by atoms with Gasteiger partial charge in [0.1, 0.15) is 16.5 Å². The van der Waals surface area contributed by atoms with Crippen LogP contribution < -0.4 is 15.8 Å². The number of nitrogens with one attached hydrogen (secondary N) is 1. The van der Waals surface area contributed by atoms with E-state index in [1.54, 1.807) is 12.5 Å². The molecule has 6 heteroatoms. The zero-order valence-corrected chi connectivity index (χ0v) is 11.4. The van der Waals surface area contributed by atoms with E-state index in [2.05, 4.69) is 10.3 Å². The second-order valence-corrected chi connectivity index (χ2v) is 4.80. The van der Waals surface area contributed by atoms with Gasteiger partial charge in [-0.1, -0.05) is 12.1 Å². The summed E-state index contributed by atoms with van der Waals surface area (Å²) in [5.74, 6) is 0.605. The Hall–Kier alpha value is -1.92. The molecule has 0 aliphatic rings. The lowest BCUT2D eigenvalue weighted by atomic mass is 10.2. The highest BCUT2D eigenvalue weighted by Crippen LogP contribution is 2.12. The van der Waals surface area contributed by atoms with Crippen molar-refractivity contribution in [2.24, 2.45) is 5.73 Å². The van der Waals surface area contributed by atoms with Gasteiger partial charge in [0.05, 0.1) is 7.11 Å². The lowest BCUT2D eigenvalue weighted by Crippen LogP contribution is -2.23. The van der Waals surface area contributed by atoms with Gasteiger partial charge in [-0.2, -0.15) is 0 Å². The molecule has 2 aromatic rings. The van der Waals surface area contributed by atoms with E-state index in [1.165, 1.54) is 11.3 Å². The average Bonchev–Trinajstić information content (AvgIpc) is 2.94. The number of nitrogens with two attached hydrogens (primary N) is 1. The van der Waals surface area contributed by atoms with E-state index < -0.39 is 0 Å². The molecular weight excluding hydrogens is 262 g/mol. The SMILES string of the molecule is COc1ccc(CNC(=O)c2csc(CN)n2)cc1. The summed E-state index contributed by atoms with van der Waals surface area (Å²) in [7, 11) is 1.62. The van der Waals surface area contributed by atoms with Crippen LogP contribution in [0.3, 0.4) is 0 Å². The third-order valence-corrected chi connectivity index (χ3v) is 3.44. The Morgan fingerprint density at radius 1 is 1.42 bits per heavy atom. The van der Waals surface area contributed by atoms with Gasteiger partial charge in [0.2, 0.25) is 0 Å². The van der Waals surface area contributed by atoms with Crippen LogP contribution >= 0.6 is 11.3 Å². The molecule has 1 amide bonds. The number of hydrogen-bond acceptors (Lipinski definition) is 5. The molecule has 0 fully saturated rings. The molecule has 3 N–H and O–H groups in total. The van der Waals surface area contributed by atoms with Gasteiger partial charge in [-0.05, 0) is 17.7 Å². The topological polar surface area (TPSA) is 77.2 Å². The third kappa shape index (κ3) is 3.52. The summed E-state index contributed by atoms with van der Waals surface area (Å²) < 4.78 is 5.07. The number of thiazole rings is 1. The van der Waals surface area contributed by atoms with Gasteiger partial charge in [0, 0.05) is 18.5 Å². The predicted octanol–water partition coefficient (Wildman–Crippen LogP) is 1.54. The quantitative estimate of drug-likeness (QED) is 0.869. The zero-order valence-electron chi connectivity index (χ0n) is 10.6. The van der Waals surface area contributed by atoms with Crippen LogP contribution in [0.2, 0.25) is 0 Å². The van der Waals surface area contributed by atoms with Gasteiger partial charge in [-0.15, -0.1) is 11.3 Å². The first kappa shape index (κ1) is 13.5. The Kier molecular flexibility index (Phi) is 4.48. The number of rotatable bonds is 5. The molecule has 0 atom stereocenters. The van der Waals surface area contributed by atoms with Crippen LogP contribution in [-0.4, -0.2) is 18.0 Å². The van der Waals surface area contributed by atoms with E-state index in [9.17, 15) is 4.79 Å². The number of aromatic nitrogens is 1. The van der Waals surface area contributed by atoms with Crippen molar-refractivity contribution in [1.29, 1.82) is 0 Å². The lowest BCUT2D eigenvalue weighted by Gasteiger charge is -2.04. The third-order valence-electron chi connectivity index (χ3n) is 2.57. The molecule has 0 bridgehead atoms. The van der Waals surface area contributed by atoms with E-state index in [0.29, 0.717) is 18.8 Å². The molecule has 1 heterocycles. The molecule has 0 radical (unpaired) electrons. The van der Waals surface area contributed by atoms with Crippen LogP contribution in [0.15, 0.2) is 29.6 Å². The molecule has 0 spiro atoms. The Balaban J connectivity index is 1.92.